The highest BCUT2D eigenvalue weighted by atomic mass is 32.2. The molecule has 0 aromatic heterocycles. The molecule has 0 amide bonds. The van der Waals surface area contributed by atoms with E-state index in [1.165, 1.54) is 12.1 Å². The normalized spacial score (nSPS) is 20.0. The van der Waals surface area contributed by atoms with E-state index in [-0.39, 0.29) is 27.7 Å². The molecule has 0 unspecified atom stereocenters. The number of sulfonamides is 1. The summed E-state index contributed by atoms with van der Waals surface area (Å²) >= 11 is 0. The van der Waals surface area contributed by atoms with E-state index < -0.39 is 20.5 Å². The van der Waals surface area contributed by atoms with Crippen molar-refractivity contribution in [2.45, 2.75) is 88.9 Å². The second kappa shape index (κ2) is 7.27. The summed E-state index contributed by atoms with van der Waals surface area (Å²) in [5.74, 6) is 0. The largest absolute Gasteiger partial charge is 0.377 e. The molecule has 2 rings (SSSR count). The number of hydrogen-bond acceptors (Lipinski definition) is 6. The Morgan fingerprint density at radius 3 is 2.14 bits per heavy atom. The maximum atomic E-state index is 12.5. The van der Waals surface area contributed by atoms with Crippen LogP contribution in [0.1, 0.15) is 61.3 Å². The van der Waals surface area contributed by atoms with E-state index in [2.05, 4.69) is 43.1 Å². The van der Waals surface area contributed by atoms with Gasteiger partial charge in [0.1, 0.15) is 5.69 Å². The smallest absolute Gasteiger partial charge is 0.293 e. The summed E-state index contributed by atoms with van der Waals surface area (Å²) in [5.41, 5.74) is -0.830. The minimum Gasteiger partial charge on any atom is -0.377 e. The molecule has 0 aliphatic carbocycles. The van der Waals surface area contributed by atoms with Crippen molar-refractivity contribution in [1.82, 2.24) is 10.0 Å². The zero-order valence-electron chi connectivity index (χ0n) is 17.7. The number of nitrogens with one attached hydrogen (secondary N) is 3. The molecular weight excluding hydrogens is 380 g/mol. The fourth-order valence-corrected chi connectivity index (χ4v) is 5.50. The number of rotatable bonds is 5. The maximum absolute atomic E-state index is 12.5. The Balaban J connectivity index is 2.35. The van der Waals surface area contributed by atoms with Gasteiger partial charge in [-0.15, -0.1) is 0 Å². The van der Waals surface area contributed by atoms with Crippen LogP contribution >= 0.6 is 0 Å². The first-order valence-corrected chi connectivity index (χ1v) is 10.9. The lowest BCUT2D eigenvalue weighted by Crippen LogP contribution is -2.60. The SMILES string of the molecule is CC(C)(C)NS(=O)(=O)c1ccc(NC2CC(C)(C)NC(C)(C)C2)c([N+](=O)[O-])c1. The number of piperidine rings is 1. The van der Waals surface area contributed by atoms with Crippen molar-refractivity contribution >= 4 is 21.4 Å². The third kappa shape index (κ3) is 5.89. The van der Waals surface area contributed by atoms with E-state index in [0.29, 0.717) is 5.69 Å². The van der Waals surface area contributed by atoms with Crippen LogP contribution < -0.4 is 15.4 Å². The predicted molar refractivity (Wildman–Crippen MR) is 111 cm³/mol. The molecule has 1 saturated heterocycles. The highest BCUT2D eigenvalue weighted by Crippen LogP contribution is 2.34. The van der Waals surface area contributed by atoms with Crippen molar-refractivity contribution in [2.24, 2.45) is 0 Å². The molecule has 1 fully saturated rings. The van der Waals surface area contributed by atoms with Crippen molar-refractivity contribution in [3.05, 3.63) is 28.3 Å². The van der Waals surface area contributed by atoms with Gasteiger partial charge < -0.3 is 10.6 Å². The molecule has 8 nitrogen and oxygen atoms in total. The standard InChI is InChI=1S/C19H32N4O4S/c1-17(2,3)22-28(26,27)14-8-9-15(16(10-14)23(24)25)20-13-11-18(4,5)21-19(6,7)12-13/h8-10,13,20-22H,11-12H2,1-7H3. The van der Waals surface area contributed by atoms with Crippen molar-refractivity contribution in [3.63, 3.8) is 0 Å². The third-order valence-corrected chi connectivity index (χ3v) is 6.22. The van der Waals surface area contributed by atoms with Crippen LogP contribution in [0.15, 0.2) is 23.1 Å². The molecule has 3 N–H and O–H groups in total. The molecular formula is C19H32N4O4S. The van der Waals surface area contributed by atoms with Gasteiger partial charge in [0.25, 0.3) is 5.69 Å². The Morgan fingerprint density at radius 1 is 1.14 bits per heavy atom. The molecule has 1 aliphatic rings. The van der Waals surface area contributed by atoms with Gasteiger partial charge in [0.15, 0.2) is 0 Å². The van der Waals surface area contributed by atoms with Crippen molar-refractivity contribution in [3.8, 4) is 0 Å². The summed E-state index contributed by atoms with van der Waals surface area (Å²) in [4.78, 5) is 11.0. The van der Waals surface area contributed by atoms with Crippen LogP contribution in [0.3, 0.4) is 0 Å². The molecule has 1 aromatic carbocycles. The quantitative estimate of drug-likeness (QED) is 0.505. The van der Waals surface area contributed by atoms with Crippen LogP contribution in [0.5, 0.6) is 0 Å². The molecule has 1 heterocycles. The minimum absolute atomic E-state index is 0.0279. The van der Waals surface area contributed by atoms with Crippen molar-refractivity contribution in [2.75, 3.05) is 5.32 Å². The van der Waals surface area contributed by atoms with Gasteiger partial charge in [-0.05, 0) is 73.4 Å². The van der Waals surface area contributed by atoms with Crippen LogP contribution in [0.25, 0.3) is 0 Å². The molecule has 158 valence electrons. The highest BCUT2D eigenvalue weighted by Gasteiger charge is 2.38. The molecule has 0 saturated carbocycles. The topological polar surface area (TPSA) is 113 Å². The number of nitrogens with zero attached hydrogens (tertiary/aromatic N) is 1. The van der Waals surface area contributed by atoms with Gasteiger partial charge in [0.2, 0.25) is 10.0 Å². The lowest BCUT2D eigenvalue weighted by molar-refractivity contribution is -0.384. The van der Waals surface area contributed by atoms with Gasteiger partial charge in [-0.25, -0.2) is 13.1 Å². The number of benzene rings is 1. The van der Waals surface area contributed by atoms with Crippen LogP contribution in [0.2, 0.25) is 0 Å². The number of anilines is 1. The fourth-order valence-electron chi connectivity index (χ4n) is 4.06. The Hall–Kier alpha value is -1.71. The Morgan fingerprint density at radius 2 is 1.68 bits per heavy atom. The highest BCUT2D eigenvalue weighted by molar-refractivity contribution is 7.89. The van der Waals surface area contributed by atoms with E-state index in [0.717, 1.165) is 18.9 Å². The zero-order valence-corrected chi connectivity index (χ0v) is 18.5. The van der Waals surface area contributed by atoms with Crippen molar-refractivity contribution < 1.29 is 13.3 Å². The fraction of sp³-hybridized carbons (Fsp3) is 0.684. The summed E-state index contributed by atoms with van der Waals surface area (Å²) in [5, 5.41) is 18.5. The lowest BCUT2D eigenvalue weighted by atomic mass is 9.79. The van der Waals surface area contributed by atoms with Gasteiger partial charge in [0, 0.05) is 28.7 Å². The lowest BCUT2D eigenvalue weighted by Gasteiger charge is -2.46. The molecule has 1 aliphatic heterocycles. The Labute approximate surface area is 167 Å². The zero-order chi connectivity index (χ0) is 21.5. The minimum atomic E-state index is -3.85. The number of hydrogen-bond donors (Lipinski definition) is 3. The summed E-state index contributed by atoms with van der Waals surface area (Å²) < 4.78 is 27.6. The Kier molecular flexibility index (Phi) is 5.87. The predicted octanol–water partition coefficient (Wildman–Crippen LogP) is 3.39. The molecule has 0 atom stereocenters. The van der Waals surface area contributed by atoms with Crippen LogP contribution in [0, 0.1) is 10.1 Å². The first-order chi connectivity index (χ1) is 12.5. The average molecular weight is 413 g/mol. The average Bonchev–Trinajstić information content (AvgIpc) is 2.40. The van der Waals surface area contributed by atoms with E-state index in [9.17, 15) is 18.5 Å². The molecule has 0 radical (unpaired) electrons. The first-order valence-electron chi connectivity index (χ1n) is 9.38. The molecule has 0 spiro atoms. The monoisotopic (exact) mass is 412 g/mol. The molecule has 28 heavy (non-hydrogen) atoms. The summed E-state index contributed by atoms with van der Waals surface area (Å²) in [7, 11) is -3.85. The van der Waals surface area contributed by atoms with E-state index in [1.54, 1.807) is 20.8 Å². The van der Waals surface area contributed by atoms with Crippen LogP contribution in [0.4, 0.5) is 11.4 Å². The second-order valence-electron chi connectivity index (χ2n) is 9.93. The van der Waals surface area contributed by atoms with Gasteiger partial charge >= 0.3 is 0 Å². The van der Waals surface area contributed by atoms with Crippen LogP contribution in [-0.4, -0.2) is 36.0 Å². The summed E-state index contributed by atoms with van der Waals surface area (Å²) in [6.07, 6.45) is 1.58. The maximum Gasteiger partial charge on any atom is 0.293 e. The molecule has 9 heteroatoms. The molecule has 0 bridgehead atoms. The number of nitro benzene ring substituents is 1. The second-order valence-corrected chi connectivity index (χ2v) is 11.6. The molecule has 1 aromatic rings. The van der Waals surface area contributed by atoms with E-state index >= 15 is 0 Å². The van der Waals surface area contributed by atoms with Gasteiger partial charge in [-0.1, -0.05) is 0 Å². The first kappa shape index (κ1) is 22.6. The van der Waals surface area contributed by atoms with Crippen LogP contribution in [-0.2, 0) is 10.0 Å². The van der Waals surface area contributed by atoms with Crippen molar-refractivity contribution in [1.29, 1.82) is 0 Å². The third-order valence-electron chi connectivity index (χ3n) is 4.47. The van der Waals surface area contributed by atoms with Gasteiger partial charge in [-0.3, -0.25) is 10.1 Å². The van der Waals surface area contributed by atoms with E-state index in [4.69, 9.17) is 0 Å². The van der Waals surface area contributed by atoms with Gasteiger partial charge in [-0.2, -0.15) is 0 Å². The van der Waals surface area contributed by atoms with Gasteiger partial charge in [0.05, 0.1) is 9.82 Å². The summed E-state index contributed by atoms with van der Waals surface area (Å²) in [6, 6.07) is 4.03. The Bertz CT molecular complexity index is 841. The van der Waals surface area contributed by atoms with E-state index in [1.807, 2.05) is 0 Å². The summed E-state index contributed by atoms with van der Waals surface area (Å²) in [6.45, 7) is 13.6. The number of nitro groups is 1.